The van der Waals surface area contributed by atoms with E-state index in [4.69, 9.17) is 0 Å². The van der Waals surface area contributed by atoms with Gasteiger partial charge in [-0.05, 0) is 48.2 Å². The zero-order chi connectivity index (χ0) is 17.2. The van der Waals surface area contributed by atoms with Crippen LogP contribution >= 0.6 is 0 Å². The van der Waals surface area contributed by atoms with Crippen LogP contribution in [0.25, 0.3) is 21.8 Å². The van der Waals surface area contributed by atoms with Gasteiger partial charge in [-0.25, -0.2) is 0 Å². The highest BCUT2D eigenvalue weighted by Crippen LogP contribution is 2.36. The molecule has 0 aliphatic carbocycles. The summed E-state index contributed by atoms with van der Waals surface area (Å²) in [5.74, 6) is -0.560. The maximum Gasteiger partial charge on any atom is 0.128 e. The number of aldehydes is 1. The third-order valence-electron chi connectivity index (χ3n) is 4.70. The van der Waals surface area contributed by atoms with E-state index in [0.29, 0.717) is 0 Å². The average Bonchev–Trinajstić information content (AvgIpc) is 2.68. The van der Waals surface area contributed by atoms with Crippen molar-refractivity contribution in [1.29, 1.82) is 0 Å². The number of carbonyl (C=O) groups excluding carboxylic acids is 1. The Bertz CT molecular complexity index is 1050. The smallest absolute Gasteiger partial charge is 0.128 e. The molecule has 0 N–H and O–H groups in total. The van der Waals surface area contributed by atoms with Crippen LogP contribution in [-0.4, -0.2) is 16.3 Å². The van der Waals surface area contributed by atoms with Gasteiger partial charge in [-0.15, -0.1) is 0 Å². The Morgan fingerprint density at radius 3 is 1.88 bits per heavy atom. The number of carbonyl (C=O) groups is 1. The van der Waals surface area contributed by atoms with Gasteiger partial charge in [0.1, 0.15) is 6.29 Å². The Hall–Kier alpha value is -3.07. The second-order valence-corrected chi connectivity index (χ2v) is 6.10. The summed E-state index contributed by atoms with van der Waals surface area (Å²) in [6.07, 6.45) is 4.53. The lowest BCUT2D eigenvalue weighted by atomic mass is 9.81. The lowest BCUT2D eigenvalue weighted by Crippen LogP contribution is -2.11. The highest BCUT2D eigenvalue weighted by atomic mass is 16.1. The molecular weight excluding hydrogens is 308 g/mol. The van der Waals surface area contributed by atoms with Gasteiger partial charge in [-0.2, -0.15) is 0 Å². The first-order valence-electron chi connectivity index (χ1n) is 8.25. The predicted molar refractivity (Wildman–Crippen MR) is 100 cm³/mol. The van der Waals surface area contributed by atoms with Gasteiger partial charge in [0.25, 0.3) is 0 Å². The SMILES string of the molecule is [CH2]C(c1ccnc2ccccc12)C(C=O)c1ccnc2ccccc12. The van der Waals surface area contributed by atoms with Crippen molar-refractivity contribution < 1.29 is 4.79 Å². The van der Waals surface area contributed by atoms with Crippen molar-refractivity contribution in [3.8, 4) is 0 Å². The van der Waals surface area contributed by atoms with Gasteiger partial charge in [-0.3, -0.25) is 9.97 Å². The minimum absolute atomic E-state index is 0.212. The Morgan fingerprint density at radius 1 is 0.760 bits per heavy atom. The molecule has 2 aromatic heterocycles. The van der Waals surface area contributed by atoms with Gasteiger partial charge in [0.2, 0.25) is 0 Å². The maximum absolute atomic E-state index is 12.0. The normalized spacial score (nSPS) is 13.6. The van der Waals surface area contributed by atoms with Gasteiger partial charge < -0.3 is 4.79 Å². The number of fused-ring (bicyclic) bond motifs is 2. The van der Waals surface area contributed by atoms with Crippen molar-refractivity contribution in [3.05, 3.63) is 91.1 Å². The molecule has 0 aliphatic heterocycles. The van der Waals surface area contributed by atoms with Crippen molar-refractivity contribution in [2.75, 3.05) is 0 Å². The number of hydrogen-bond donors (Lipinski definition) is 0. The molecule has 0 bridgehead atoms. The van der Waals surface area contributed by atoms with Gasteiger partial charge in [0, 0.05) is 29.1 Å². The van der Waals surface area contributed by atoms with E-state index in [-0.39, 0.29) is 11.8 Å². The van der Waals surface area contributed by atoms with E-state index in [1.54, 1.807) is 12.4 Å². The first-order chi connectivity index (χ1) is 12.3. The first-order valence-corrected chi connectivity index (χ1v) is 8.25. The van der Waals surface area contributed by atoms with Crippen LogP contribution in [0.1, 0.15) is 23.0 Å². The number of hydrogen-bond acceptors (Lipinski definition) is 3. The third kappa shape index (κ3) is 2.68. The molecule has 0 saturated carbocycles. The quantitative estimate of drug-likeness (QED) is 0.512. The van der Waals surface area contributed by atoms with Gasteiger partial charge in [0.05, 0.1) is 11.0 Å². The van der Waals surface area contributed by atoms with Crippen molar-refractivity contribution in [2.45, 2.75) is 11.8 Å². The number of para-hydroxylation sites is 2. The summed E-state index contributed by atoms with van der Waals surface area (Å²) < 4.78 is 0. The van der Waals surface area contributed by atoms with E-state index in [9.17, 15) is 4.79 Å². The van der Waals surface area contributed by atoms with Gasteiger partial charge in [-0.1, -0.05) is 36.4 Å². The average molecular weight is 325 g/mol. The Kier molecular flexibility index (Phi) is 3.98. The predicted octanol–water partition coefficient (Wildman–Crippen LogP) is 4.68. The molecule has 1 radical (unpaired) electrons. The fourth-order valence-electron chi connectivity index (χ4n) is 3.43. The molecule has 2 unspecified atom stereocenters. The maximum atomic E-state index is 12.0. The van der Waals surface area contributed by atoms with Crippen LogP contribution < -0.4 is 0 Å². The molecule has 2 aromatic carbocycles. The van der Waals surface area contributed by atoms with Crippen LogP contribution in [0.4, 0.5) is 0 Å². The fourth-order valence-corrected chi connectivity index (χ4v) is 3.43. The van der Waals surface area contributed by atoms with Crippen LogP contribution in [0.2, 0.25) is 0 Å². The van der Waals surface area contributed by atoms with E-state index in [1.165, 1.54) is 0 Å². The first kappa shape index (κ1) is 15.5. The summed E-state index contributed by atoms with van der Waals surface area (Å²) in [6, 6.07) is 19.7. The second-order valence-electron chi connectivity index (χ2n) is 6.10. The molecule has 0 spiro atoms. The molecule has 121 valence electrons. The Labute approximate surface area is 146 Å². The standard InChI is InChI=1S/C22H17N2O/c1-15(16-10-12-23-21-8-4-2-6-18(16)21)20(14-25)17-11-13-24-22-9-5-3-7-19(17)22/h2-15,20H,1H2. The topological polar surface area (TPSA) is 42.9 Å². The monoisotopic (exact) mass is 325 g/mol. The van der Waals surface area contributed by atoms with Crippen LogP contribution in [-0.2, 0) is 4.79 Å². The number of rotatable bonds is 4. The fraction of sp³-hybridized carbons (Fsp3) is 0.0909. The highest BCUT2D eigenvalue weighted by Gasteiger charge is 2.24. The van der Waals surface area contributed by atoms with Crippen LogP contribution in [0.3, 0.4) is 0 Å². The second kappa shape index (κ2) is 6.44. The number of aromatic nitrogens is 2. The van der Waals surface area contributed by atoms with Crippen LogP contribution in [0, 0.1) is 6.92 Å². The minimum Gasteiger partial charge on any atom is -0.303 e. The van der Waals surface area contributed by atoms with Crippen molar-refractivity contribution in [1.82, 2.24) is 9.97 Å². The molecule has 3 heteroatoms. The zero-order valence-electron chi connectivity index (χ0n) is 13.7. The third-order valence-corrected chi connectivity index (χ3v) is 4.70. The van der Waals surface area contributed by atoms with E-state index in [1.807, 2.05) is 60.7 Å². The summed E-state index contributed by atoms with van der Waals surface area (Å²) in [5.41, 5.74) is 3.79. The zero-order valence-corrected chi connectivity index (χ0v) is 13.7. The number of pyridine rings is 2. The van der Waals surface area contributed by atoms with Crippen LogP contribution in [0.5, 0.6) is 0 Å². The minimum atomic E-state index is -0.348. The van der Waals surface area contributed by atoms with Crippen molar-refractivity contribution >= 4 is 28.1 Å². The van der Waals surface area contributed by atoms with E-state index >= 15 is 0 Å². The summed E-state index contributed by atoms with van der Waals surface area (Å²) in [4.78, 5) is 20.8. The molecule has 2 atom stereocenters. The molecule has 25 heavy (non-hydrogen) atoms. The van der Waals surface area contributed by atoms with E-state index < -0.39 is 0 Å². The van der Waals surface area contributed by atoms with E-state index in [2.05, 4.69) is 16.9 Å². The molecular formula is C22H17N2O. The highest BCUT2D eigenvalue weighted by molar-refractivity contribution is 5.87. The summed E-state index contributed by atoms with van der Waals surface area (Å²) >= 11 is 0. The molecule has 0 saturated heterocycles. The molecule has 0 aliphatic rings. The lowest BCUT2D eigenvalue weighted by molar-refractivity contribution is -0.109. The van der Waals surface area contributed by atoms with Gasteiger partial charge >= 0.3 is 0 Å². The molecule has 2 heterocycles. The largest absolute Gasteiger partial charge is 0.303 e. The Balaban J connectivity index is 1.87. The molecule has 4 rings (SSSR count). The molecule has 0 fully saturated rings. The van der Waals surface area contributed by atoms with Gasteiger partial charge in [0.15, 0.2) is 0 Å². The Morgan fingerprint density at radius 2 is 1.28 bits per heavy atom. The molecule has 0 amide bonds. The molecule has 4 aromatic rings. The summed E-state index contributed by atoms with van der Waals surface area (Å²) in [6.45, 7) is 4.33. The van der Waals surface area contributed by atoms with Crippen LogP contribution in [0.15, 0.2) is 73.1 Å². The lowest BCUT2D eigenvalue weighted by Gasteiger charge is -2.22. The number of benzene rings is 2. The number of nitrogens with zero attached hydrogens (tertiary/aromatic N) is 2. The summed E-state index contributed by atoms with van der Waals surface area (Å²) in [7, 11) is 0. The summed E-state index contributed by atoms with van der Waals surface area (Å²) in [5, 5.41) is 2.03. The van der Waals surface area contributed by atoms with Crippen molar-refractivity contribution in [2.24, 2.45) is 0 Å². The van der Waals surface area contributed by atoms with E-state index in [0.717, 1.165) is 39.2 Å². The molecule has 3 nitrogen and oxygen atoms in total. The van der Waals surface area contributed by atoms with Crippen molar-refractivity contribution in [3.63, 3.8) is 0 Å².